The van der Waals surface area contributed by atoms with E-state index in [0.717, 1.165) is 6.61 Å². The molecule has 0 aromatic heterocycles. The molecule has 0 rings (SSSR count). The van der Waals surface area contributed by atoms with E-state index in [1.54, 1.807) is 7.11 Å². The van der Waals surface area contributed by atoms with Crippen molar-refractivity contribution in [3.8, 4) is 0 Å². The van der Waals surface area contributed by atoms with Crippen LogP contribution in [0.15, 0.2) is 0 Å². The summed E-state index contributed by atoms with van der Waals surface area (Å²) in [6.07, 6.45) is 0.250. The van der Waals surface area contributed by atoms with E-state index in [2.05, 4.69) is 13.8 Å². The SMILES string of the molecule is COCCOCC(C)C.O=C=O. The van der Waals surface area contributed by atoms with Crippen LogP contribution in [-0.4, -0.2) is 33.1 Å². The minimum absolute atomic E-state index is 0.250. The Morgan fingerprint density at radius 3 is 2.08 bits per heavy atom. The van der Waals surface area contributed by atoms with Gasteiger partial charge in [-0.3, -0.25) is 0 Å². The maximum atomic E-state index is 8.12. The minimum Gasteiger partial charge on any atom is -0.382 e. The highest BCUT2D eigenvalue weighted by Crippen LogP contribution is 1.91. The largest absolute Gasteiger partial charge is 0.382 e. The number of carbonyl (C=O) groups excluding carboxylic acids is 2. The number of ether oxygens (including phenoxy) is 2. The Bertz CT molecular complexity index is 106. The summed E-state index contributed by atoms with van der Waals surface area (Å²) in [5.41, 5.74) is 0. The highest BCUT2D eigenvalue weighted by Gasteiger charge is 1.91. The molecule has 0 aliphatic heterocycles. The zero-order valence-electron chi connectivity index (χ0n) is 7.83. The van der Waals surface area contributed by atoms with Crippen LogP contribution in [0.4, 0.5) is 0 Å². The van der Waals surface area contributed by atoms with Crippen LogP contribution >= 0.6 is 0 Å². The standard InChI is InChI=1S/C7H16O2.CO2/c1-7(2)6-9-5-4-8-3;2-1-3/h7H,4-6H2,1-3H3;. The lowest BCUT2D eigenvalue weighted by Gasteiger charge is -2.04. The minimum atomic E-state index is 0.250. The Balaban J connectivity index is 0. The first-order valence-corrected chi connectivity index (χ1v) is 3.75. The lowest BCUT2D eigenvalue weighted by molar-refractivity contribution is -0.191. The summed E-state index contributed by atoms with van der Waals surface area (Å²) in [4.78, 5) is 16.2. The molecule has 0 heterocycles. The Kier molecular flexibility index (Phi) is 14.9. The molecule has 0 saturated heterocycles. The molecule has 0 aromatic rings. The lowest BCUT2D eigenvalue weighted by Crippen LogP contribution is -2.06. The van der Waals surface area contributed by atoms with Crippen LogP contribution in [0.2, 0.25) is 0 Å². The average Bonchev–Trinajstić information content (AvgIpc) is 1.99. The van der Waals surface area contributed by atoms with E-state index in [-0.39, 0.29) is 6.15 Å². The fourth-order valence-electron chi connectivity index (χ4n) is 0.461. The van der Waals surface area contributed by atoms with E-state index >= 15 is 0 Å². The number of hydrogen-bond donors (Lipinski definition) is 0. The summed E-state index contributed by atoms with van der Waals surface area (Å²) in [7, 11) is 1.68. The summed E-state index contributed by atoms with van der Waals surface area (Å²) in [5, 5.41) is 0. The normalized spacial score (nSPS) is 8.67. The molecule has 0 aromatic carbocycles. The number of methoxy groups -OCH3 is 1. The average molecular weight is 176 g/mol. The molecule has 0 N–H and O–H groups in total. The van der Waals surface area contributed by atoms with Gasteiger partial charge in [0.2, 0.25) is 0 Å². The van der Waals surface area contributed by atoms with Gasteiger partial charge >= 0.3 is 6.15 Å². The molecule has 0 unspecified atom stereocenters. The van der Waals surface area contributed by atoms with Crippen molar-refractivity contribution in [3.63, 3.8) is 0 Å². The van der Waals surface area contributed by atoms with Gasteiger partial charge in [-0.05, 0) is 5.92 Å². The first kappa shape index (κ1) is 13.9. The van der Waals surface area contributed by atoms with E-state index in [9.17, 15) is 0 Å². The van der Waals surface area contributed by atoms with E-state index in [1.165, 1.54) is 0 Å². The van der Waals surface area contributed by atoms with Crippen LogP contribution in [0, 0.1) is 5.92 Å². The van der Waals surface area contributed by atoms with E-state index in [4.69, 9.17) is 19.1 Å². The van der Waals surface area contributed by atoms with Crippen molar-refractivity contribution in [1.82, 2.24) is 0 Å². The van der Waals surface area contributed by atoms with Crippen molar-refractivity contribution < 1.29 is 19.1 Å². The van der Waals surface area contributed by atoms with Gasteiger partial charge in [0.15, 0.2) is 0 Å². The van der Waals surface area contributed by atoms with Crippen molar-refractivity contribution in [1.29, 1.82) is 0 Å². The van der Waals surface area contributed by atoms with Crippen molar-refractivity contribution in [2.24, 2.45) is 5.92 Å². The summed E-state index contributed by atoms with van der Waals surface area (Å²) in [5.74, 6) is 0.627. The van der Waals surface area contributed by atoms with Gasteiger partial charge in [-0.25, -0.2) is 0 Å². The molecule has 0 fully saturated rings. The molecular weight excluding hydrogens is 160 g/mol. The molecule has 4 heteroatoms. The van der Waals surface area contributed by atoms with E-state index in [0.29, 0.717) is 19.1 Å². The second-order valence-corrected chi connectivity index (χ2v) is 2.54. The van der Waals surface area contributed by atoms with Crippen LogP contribution in [0.25, 0.3) is 0 Å². The van der Waals surface area contributed by atoms with Crippen LogP contribution in [-0.2, 0) is 19.1 Å². The zero-order chi connectivity index (χ0) is 9.82. The van der Waals surface area contributed by atoms with Gasteiger partial charge in [0.25, 0.3) is 0 Å². The molecular formula is C8H16O4. The second-order valence-electron chi connectivity index (χ2n) is 2.54. The quantitative estimate of drug-likeness (QED) is 0.579. The predicted octanol–water partition coefficient (Wildman–Crippen LogP) is 0.722. The Morgan fingerprint density at radius 1 is 1.25 bits per heavy atom. The van der Waals surface area contributed by atoms with E-state index < -0.39 is 0 Å². The molecule has 12 heavy (non-hydrogen) atoms. The summed E-state index contributed by atoms with van der Waals surface area (Å²) in [6.45, 7) is 6.52. The molecule has 0 saturated carbocycles. The number of hydrogen-bond acceptors (Lipinski definition) is 4. The highest BCUT2D eigenvalue weighted by atomic mass is 16.5. The monoisotopic (exact) mass is 176 g/mol. The maximum Gasteiger partial charge on any atom is 0.373 e. The van der Waals surface area contributed by atoms with Gasteiger partial charge in [-0.1, -0.05) is 13.8 Å². The van der Waals surface area contributed by atoms with Gasteiger partial charge in [-0.2, -0.15) is 9.59 Å². The highest BCUT2D eigenvalue weighted by molar-refractivity contribution is 5.20. The molecule has 0 radical (unpaired) electrons. The third-order valence-electron chi connectivity index (χ3n) is 0.883. The first-order valence-electron chi connectivity index (χ1n) is 3.75. The zero-order valence-corrected chi connectivity index (χ0v) is 7.83. The molecule has 4 nitrogen and oxygen atoms in total. The summed E-state index contributed by atoms with van der Waals surface area (Å²) in [6, 6.07) is 0. The Hall–Kier alpha value is -0.700. The smallest absolute Gasteiger partial charge is 0.373 e. The van der Waals surface area contributed by atoms with Crippen molar-refractivity contribution in [3.05, 3.63) is 0 Å². The Morgan fingerprint density at radius 2 is 1.75 bits per heavy atom. The third-order valence-corrected chi connectivity index (χ3v) is 0.883. The Labute approximate surface area is 72.8 Å². The van der Waals surface area contributed by atoms with Crippen molar-refractivity contribution >= 4 is 6.15 Å². The third kappa shape index (κ3) is 22.8. The van der Waals surface area contributed by atoms with Crippen LogP contribution in [0.1, 0.15) is 13.8 Å². The number of rotatable bonds is 5. The molecule has 0 atom stereocenters. The molecule has 0 amide bonds. The first-order chi connectivity index (χ1) is 5.68. The molecule has 0 aliphatic carbocycles. The van der Waals surface area contributed by atoms with Crippen LogP contribution in [0.3, 0.4) is 0 Å². The fourth-order valence-corrected chi connectivity index (χ4v) is 0.461. The van der Waals surface area contributed by atoms with E-state index in [1.807, 2.05) is 0 Å². The topological polar surface area (TPSA) is 52.6 Å². The van der Waals surface area contributed by atoms with Crippen LogP contribution < -0.4 is 0 Å². The molecule has 0 aliphatic rings. The molecule has 0 spiro atoms. The predicted molar refractivity (Wildman–Crippen MR) is 42.5 cm³/mol. The summed E-state index contributed by atoms with van der Waals surface area (Å²) < 4.78 is 10.0. The fraction of sp³-hybridized carbons (Fsp3) is 0.875. The van der Waals surface area contributed by atoms with Crippen LogP contribution in [0.5, 0.6) is 0 Å². The van der Waals surface area contributed by atoms with Crippen molar-refractivity contribution in [2.75, 3.05) is 26.9 Å². The molecule has 72 valence electrons. The van der Waals surface area contributed by atoms with Crippen molar-refractivity contribution in [2.45, 2.75) is 13.8 Å². The summed E-state index contributed by atoms with van der Waals surface area (Å²) >= 11 is 0. The lowest BCUT2D eigenvalue weighted by atomic mass is 10.2. The van der Waals surface area contributed by atoms with Gasteiger partial charge in [0.05, 0.1) is 13.2 Å². The van der Waals surface area contributed by atoms with Gasteiger partial charge in [0.1, 0.15) is 0 Å². The van der Waals surface area contributed by atoms with Gasteiger partial charge < -0.3 is 9.47 Å². The maximum absolute atomic E-state index is 8.12. The van der Waals surface area contributed by atoms with Gasteiger partial charge in [-0.15, -0.1) is 0 Å². The second kappa shape index (κ2) is 12.9. The van der Waals surface area contributed by atoms with Gasteiger partial charge in [0, 0.05) is 13.7 Å². The molecule has 0 bridgehead atoms.